The number of ether oxygens (including phenoxy) is 2. The number of nitrogens with zero attached hydrogens (tertiary/aromatic N) is 2. The number of hydrazine groups is 1. The molecule has 1 aromatic carbocycles. The molecule has 0 spiro atoms. The van der Waals surface area contributed by atoms with Crippen LogP contribution in [0.1, 0.15) is 33.3 Å². The first-order chi connectivity index (χ1) is 15.0. The summed E-state index contributed by atoms with van der Waals surface area (Å²) >= 11 is 0. The van der Waals surface area contributed by atoms with E-state index in [1.54, 1.807) is 32.6 Å². The van der Waals surface area contributed by atoms with E-state index in [-0.39, 0.29) is 25.7 Å². The van der Waals surface area contributed by atoms with Crippen LogP contribution in [0.4, 0.5) is 14.4 Å². The Bertz CT molecular complexity index is 811. The molecule has 1 aliphatic heterocycles. The summed E-state index contributed by atoms with van der Waals surface area (Å²) in [5.41, 5.74) is 4.77. The third kappa shape index (κ3) is 8.32. The van der Waals surface area contributed by atoms with Gasteiger partial charge in [-0.05, 0) is 33.3 Å². The van der Waals surface area contributed by atoms with Gasteiger partial charge in [0.05, 0.1) is 0 Å². The molecule has 0 bridgehead atoms. The molecule has 1 heterocycles. The Morgan fingerprint density at radius 2 is 1.75 bits per heavy atom. The monoisotopic (exact) mass is 449 g/mol. The van der Waals surface area contributed by atoms with Crippen LogP contribution in [0.25, 0.3) is 0 Å². The van der Waals surface area contributed by atoms with Crippen molar-refractivity contribution in [3.63, 3.8) is 0 Å². The lowest BCUT2D eigenvalue weighted by atomic mass is 10.2. The van der Waals surface area contributed by atoms with Crippen molar-refractivity contribution in [2.45, 2.75) is 45.9 Å². The van der Waals surface area contributed by atoms with E-state index in [1.807, 2.05) is 30.3 Å². The normalized spacial score (nSPS) is 16.1. The van der Waals surface area contributed by atoms with Crippen molar-refractivity contribution in [1.82, 2.24) is 26.0 Å². The molecule has 2 rings (SSSR count). The zero-order valence-corrected chi connectivity index (χ0v) is 18.8. The van der Waals surface area contributed by atoms with E-state index in [4.69, 9.17) is 9.47 Å². The van der Waals surface area contributed by atoms with Gasteiger partial charge in [-0.1, -0.05) is 30.3 Å². The van der Waals surface area contributed by atoms with Crippen LogP contribution >= 0.6 is 0 Å². The summed E-state index contributed by atoms with van der Waals surface area (Å²) in [7, 11) is 0. The SMILES string of the molecule is C[C@@H]1CN(C(=O)OC(C)(C)C)CCN1C(=O)NNC(=O)CNC(=O)OCc1ccccc1. The highest BCUT2D eigenvalue weighted by Crippen LogP contribution is 2.14. The van der Waals surface area contributed by atoms with Gasteiger partial charge in [0, 0.05) is 25.7 Å². The molecule has 0 radical (unpaired) electrons. The zero-order valence-electron chi connectivity index (χ0n) is 18.8. The summed E-state index contributed by atoms with van der Waals surface area (Å²) in [4.78, 5) is 51.2. The van der Waals surface area contributed by atoms with Gasteiger partial charge in [0.2, 0.25) is 0 Å². The van der Waals surface area contributed by atoms with Gasteiger partial charge in [0.25, 0.3) is 5.91 Å². The minimum atomic E-state index is -0.748. The van der Waals surface area contributed by atoms with Crippen LogP contribution < -0.4 is 16.2 Å². The molecule has 0 aliphatic carbocycles. The van der Waals surface area contributed by atoms with Crippen LogP contribution in [0.15, 0.2) is 30.3 Å². The average Bonchev–Trinajstić information content (AvgIpc) is 2.74. The summed E-state index contributed by atoms with van der Waals surface area (Å²) in [6, 6.07) is 8.33. The van der Waals surface area contributed by atoms with Crippen LogP contribution in [0, 0.1) is 0 Å². The van der Waals surface area contributed by atoms with Gasteiger partial charge in [-0.15, -0.1) is 0 Å². The Kier molecular flexibility index (Phi) is 8.68. The highest BCUT2D eigenvalue weighted by molar-refractivity contribution is 5.84. The quantitative estimate of drug-likeness (QED) is 0.599. The fourth-order valence-corrected chi connectivity index (χ4v) is 2.92. The van der Waals surface area contributed by atoms with Crippen molar-refractivity contribution < 1.29 is 28.7 Å². The number of nitrogens with one attached hydrogen (secondary N) is 3. The van der Waals surface area contributed by atoms with Gasteiger partial charge in [0.1, 0.15) is 18.8 Å². The molecular weight excluding hydrogens is 418 g/mol. The molecule has 11 heteroatoms. The third-order valence-corrected chi connectivity index (χ3v) is 4.45. The van der Waals surface area contributed by atoms with E-state index in [2.05, 4.69) is 16.2 Å². The van der Waals surface area contributed by atoms with Crippen LogP contribution in [0.2, 0.25) is 0 Å². The molecule has 32 heavy (non-hydrogen) atoms. The summed E-state index contributed by atoms with van der Waals surface area (Å²) in [5, 5.41) is 2.31. The second-order valence-electron chi connectivity index (χ2n) is 8.36. The van der Waals surface area contributed by atoms with Crippen molar-refractivity contribution in [3.05, 3.63) is 35.9 Å². The van der Waals surface area contributed by atoms with E-state index >= 15 is 0 Å². The number of hydrogen-bond acceptors (Lipinski definition) is 6. The number of benzene rings is 1. The summed E-state index contributed by atoms with van der Waals surface area (Å²) in [5.74, 6) is -0.616. The number of rotatable bonds is 4. The molecular formula is C21H31N5O6. The highest BCUT2D eigenvalue weighted by atomic mass is 16.6. The molecule has 1 aliphatic rings. The Labute approximate surface area is 187 Å². The van der Waals surface area contributed by atoms with Gasteiger partial charge in [0.15, 0.2) is 0 Å². The minimum Gasteiger partial charge on any atom is -0.445 e. The second-order valence-corrected chi connectivity index (χ2v) is 8.36. The molecule has 11 nitrogen and oxygen atoms in total. The molecule has 176 valence electrons. The largest absolute Gasteiger partial charge is 0.445 e. The summed E-state index contributed by atoms with van der Waals surface area (Å²) in [6.45, 7) is 7.79. The molecule has 1 saturated heterocycles. The lowest BCUT2D eigenvalue weighted by Gasteiger charge is -2.39. The summed E-state index contributed by atoms with van der Waals surface area (Å²) < 4.78 is 10.4. The molecule has 3 N–H and O–H groups in total. The second kappa shape index (κ2) is 11.2. The van der Waals surface area contributed by atoms with Gasteiger partial charge >= 0.3 is 18.2 Å². The lowest BCUT2D eigenvalue weighted by Crippen LogP contribution is -2.60. The van der Waals surface area contributed by atoms with Crippen molar-refractivity contribution >= 4 is 24.1 Å². The first-order valence-corrected chi connectivity index (χ1v) is 10.3. The number of hydrogen-bond donors (Lipinski definition) is 3. The van der Waals surface area contributed by atoms with Gasteiger partial charge < -0.3 is 24.6 Å². The van der Waals surface area contributed by atoms with Gasteiger partial charge in [-0.2, -0.15) is 0 Å². The van der Waals surface area contributed by atoms with Crippen molar-refractivity contribution in [1.29, 1.82) is 0 Å². The first kappa shape index (κ1) is 24.8. The van der Waals surface area contributed by atoms with E-state index in [9.17, 15) is 19.2 Å². The highest BCUT2D eigenvalue weighted by Gasteiger charge is 2.32. The smallest absolute Gasteiger partial charge is 0.410 e. The van der Waals surface area contributed by atoms with E-state index in [1.165, 1.54) is 4.90 Å². The topological polar surface area (TPSA) is 129 Å². The van der Waals surface area contributed by atoms with Crippen LogP contribution in [0.3, 0.4) is 0 Å². The molecule has 1 fully saturated rings. The third-order valence-electron chi connectivity index (χ3n) is 4.45. The van der Waals surface area contributed by atoms with E-state index < -0.39 is 29.7 Å². The van der Waals surface area contributed by atoms with Crippen molar-refractivity contribution in [2.24, 2.45) is 0 Å². The molecule has 0 aromatic heterocycles. The van der Waals surface area contributed by atoms with E-state index in [0.29, 0.717) is 13.1 Å². The van der Waals surface area contributed by atoms with Crippen molar-refractivity contribution in [3.8, 4) is 0 Å². The lowest BCUT2D eigenvalue weighted by molar-refractivity contribution is -0.121. The maximum atomic E-state index is 12.4. The maximum Gasteiger partial charge on any atom is 0.410 e. The first-order valence-electron chi connectivity index (χ1n) is 10.3. The predicted octanol–water partition coefficient (Wildman–Crippen LogP) is 1.59. The van der Waals surface area contributed by atoms with Crippen LogP contribution in [0.5, 0.6) is 0 Å². The van der Waals surface area contributed by atoms with Crippen molar-refractivity contribution in [2.75, 3.05) is 26.2 Å². The minimum absolute atomic E-state index is 0.0815. The number of carbonyl (C=O) groups excluding carboxylic acids is 4. The van der Waals surface area contributed by atoms with Gasteiger partial charge in [-0.25, -0.2) is 19.8 Å². The van der Waals surface area contributed by atoms with Gasteiger partial charge in [-0.3, -0.25) is 10.2 Å². The number of carbonyl (C=O) groups is 4. The molecule has 0 saturated carbocycles. The Balaban J connectivity index is 1.67. The fraction of sp³-hybridized carbons (Fsp3) is 0.524. The number of amides is 5. The molecule has 1 aromatic rings. The van der Waals surface area contributed by atoms with E-state index in [0.717, 1.165) is 5.56 Å². The Morgan fingerprint density at radius 3 is 2.38 bits per heavy atom. The Morgan fingerprint density at radius 1 is 1.06 bits per heavy atom. The Hall–Kier alpha value is -3.50. The number of urea groups is 1. The fourth-order valence-electron chi connectivity index (χ4n) is 2.92. The van der Waals surface area contributed by atoms with Crippen LogP contribution in [-0.4, -0.2) is 71.7 Å². The van der Waals surface area contributed by atoms with Crippen LogP contribution in [-0.2, 0) is 20.9 Å². The molecule has 1 atom stereocenters. The maximum absolute atomic E-state index is 12.4. The standard InChI is InChI=1S/C21H31N5O6/c1-15-13-25(20(30)32-21(2,3)4)10-11-26(15)18(28)24-23-17(27)12-22-19(29)31-14-16-8-6-5-7-9-16/h5-9,15H,10-14H2,1-4H3,(H,22,29)(H,23,27)(H,24,28)/t15-/m1/s1. The number of piperazine rings is 1. The number of alkyl carbamates (subject to hydrolysis) is 1. The average molecular weight is 450 g/mol. The predicted molar refractivity (Wildman–Crippen MR) is 115 cm³/mol. The zero-order chi connectivity index (χ0) is 23.7. The molecule has 0 unspecified atom stereocenters. The molecule has 5 amide bonds. The summed E-state index contributed by atoms with van der Waals surface area (Å²) in [6.07, 6.45) is -1.18.